The summed E-state index contributed by atoms with van der Waals surface area (Å²) in [5, 5.41) is 0.243. The molecule has 1 saturated heterocycles. The van der Waals surface area contributed by atoms with Gasteiger partial charge in [0, 0.05) is 26.2 Å². The minimum Gasteiger partial charge on any atom is -0.460 e. The van der Waals surface area contributed by atoms with Gasteiger partial charge in [0.05, 0.1) is 24.1 Å². The zero-order valence-corrected chi connectivity index (χ0v) is 17.7. The molecule has 1 fully saturated rings. The number of piperazine rings is 1. The molecule has 0 aliphatic carbocycles. The summed E-state index contributed by atoms with van der Waals surface area (Å²) in [5.74, 6) is -0.318. The van der Waals surface area contributed by atoms with Gasteiger partial charge >= 0.3 is 5.97 Å². The number of aromatic amines is 1. The van der Waals surface area contributed by atoms with Gasteiger partial charge in [-0.25, -0.2) is 18.2 Å². The van der Waals surface area contributed by atoms with Crippen LogP contribution in [0.15, 0.2) is 50.7 Å². The lowest BCUT2D eigenvalue weighted by Crippen LogP contribution is -2.48. The van der Waals surface area contributed by atoms with E-state index in [1.165, 1.54) is 16.4 Å². The van der Waals surface area contributed by atoms with Crippen molar-refractivity contribution in [2.24, 2.45) is 0 Å². The fourth-order valence-electron chi connectivity index (χ4n) is 3.45. The largest absolute Gasteiger partial charge is 0.460 e. The van der Waals surface area contributed by atoms with Gasteiger partial charge in [0.2, 0.25) is 10.9 Å². The van der Waals surface area contributed by atoms with E-state index in [9.17, 15) is 18.0 Å². The first-order valence-corrected chi connectivity index (χ1v) is 11.3. The van der Waals surface area contributed by atoms with Crippen molar-refractivity contribution in [1.82, 2.24) is 19.2 Å². The molecular weight excluding hydrogens is 424 g/mol. The zero-order chi connectivity index (χ0) is 22.0. The molecule has 4 rings (SSSR count). The maximum Gasteiger partial charge on any atom is 0.374 e. The van der Waals surface area contributed by atoms with Gasteiger partial charge in [-0.1, -0.05) is 12.1 Å². The molecule has 3 heterocycles. The smallest absolute Gasteiger partial charge is 0.374 e. The zero-order valence-electron chi connectivity index (χ0n) is 16.9. The van der Waals surface area contributed by atoms with Crippen molar-refractivity contribution in [1.29, 1.82) is 0 Å². The van der Waals surface area contributed by atoms with Crippen molar-refractivity contribution in [3.63, 3.8) is 0 Å². The standard InChI is InChI=1S/C20H22N4O6S/c1-2-29-20(26)16-7-8-18(30-16)31(27,28)24-11-9-23(10-12-24)13-17-21-15-6-4-3-5-14(15)19(25)22-17/h3-8H,2,9-13H2,1H3,(H,21,22,25). The molecule has 0 radical (unpaired) electrons. The Morgan fingerprint density at radius 2 is 1.90 bits per heavy atom. The number of para-hydroxylation sites is 1. The summed E-state index contributed by atoms with van der Waals surface area (Å²) < 4.78 is 37.0. The molecular formula is C20H22N4O6S. The third kappa shape index (κ3) is 4.38. The Labute approximate surface area is 178 Å². The Hall–Kier alpha value is -3.02. The van der Waals surface area contributed by atoms with Crippen LogP contribution in [-0.4, -0.2) is 66.3 Å². The van der Waals surface area contributed by atoms with Crippen LogP contribution in [0.5, 0.6) is 0 Å². The molecule has 3 aromatic rings. The molecule has 31 heavy (non-hydrogen) atoms. The van der Waals surface area contributed by atoms with E-state index >= 15 is 0 Å². The first-order chi connectivity index (χ1) is 14.9. The molecule has 11 heteroatoms. The molecule has 2 aromatic heterocycles. The van der Waals surface area contributed by atoms with E-state index in [1.807, 2.05) is 11.0 Å². The van der Waals surface area contributed by atoms with Crippen molar-refractivity contribution in [3.8, 4) is 0 Å². The van der Waals surface area contributed by atoms with Crippen LogP contribution in [0.3, 0.4) is 0 Å². The van der Waals surface area contributed by atoms with Crippen LogP contribution in [0, 0.1) is 0 Å². The monoisotopic (exact) mass is 446 g/mol. The third-order valence-corrected chi connectivity index (χ3v) is 6.79. The second-order valence-electron chi connectivity index (χ2n) is 7.05. The SMILES string of the molecule is CCOC(=O)c1ccc(S(=O)(=O)N2CCN(Cc3nc4ccccc4c(=O)[nH]3)CC2)o1. The Bertz CT molecular complexity index is 1260. The summed E-state index contributed by atoms with van der Waals surface area (Å²) in [6, 6.07) is 9.67. The second kappa shape index (κ2) is 8.61. The number of carbonyl (C=O) groups is 1. The van der Waals surface area contributed by atoms with Crippen LogP contribution >= 0.6 is 0 Å². The molecule has 0 atom stereocenters. The number of carbonyl (C=O) groups excluding carboxylic acids is 1. The molecule has 1 aromatic carbocycles. The molecule has 0 amide bonds. The second-order valence-corrected chi connectivity index (χ2v) is 8.92. The molecule has 1 N–H and O–H groups in total. The third-order valence-electron chi connectivity index (χ3n) is 5.02. The molecule has 0 bridgehead atoms. The number of fused-ring (bicyclic) bond motifs is 1. The Balaban J connectivity index is 1.41. The van der Waals surface area contributed by atoms with Gasteiger partial charge in [-0.3, -0.25) is 9.69 Å². The quantitative estimate of drug-likeness (QED) is 0.560. The highest BCUT2D eigenvalue weighted by atomic mass is 32.2. The van der Waals surface area contributed by atoms with Gasteiger partial charge in [-0.15, -0.1) is 0 Å². The fourth-order valence-corrected chi connectivity index (χ4v) is 4.78. The van der Waals surface area contributed by atoms with E-state index < -0.39 is 16.0 Å². The number of aromatic nitrogens is 2. The van der Waals surface area contributed by atoms with Crippen LogP contribution in [0.1, 0.15) is 23.3 Å². The average Bonchev–Trinajstić information content (AvgIpc) is 3.26. The number of ether oxygens (including phenoxy) is 1. The molecule has 164 valence electrons. The number of nitrogens with zero attached hydrogens (tertiary/aromatic N) is 3. The lowest BCUT2D eigenvalue weighted by atomic mass is 10.2. The number of H-pyrrole nitrogens is 1. The fraction of sp³-hybridized carbons (Fsp3) is 0.350. The van der Waals surface area contributed by atoms with E-state index in [2.05, 4.69) is 9.97 Å². The number of rotatable bonds is 6. The highest BCUT2D eigenvalue weighted by Crippen LogP contribution is 2.21. The number of hydrogen-bond donors (Lipinski definition) is 1. The number of esters is 1. The van der Waals surface area contributed by atoms with Crippen molar-refractivity contribution in [2.75, 3.05) is 32.8 Å². The number of hydrogen-bond acceptors (Lipinski definition) is 8. The molecule has 1 aliphatic rings. The highest BCUT2D eigenvalue weighted by Gasteiger charge is 2.32. The first kappa shape index (κ1) is 21.2. The van der Waals surface area contributed by atoms with Gasteiger partial charge in [0.25, 0.3) is 15.6 Å². The Kier molecular flexibility index (Phi) is 5.90. The molecule has 0 saturated carbocycles. The molecule has 1 aliphatic heterocycles. The summed E-state index contributed by atoms with van der Waals surface area (Å²) in [6.07, 6.45) is 0. The van der Waals surface area contributed by atoms with Crippen molar-refractivity contribution in [3.05, 3.63) is 58.3 Å². The predicted octanol–water partition coefficient (Wildman–Crippen LogP) is 1.20. The van der Waals surface area contributed by atoms with Crippen LogP contribution in [0.4, 0.5) is 0 Å². The van der Waals surface area contributed by atoms with E-state index in [1.54, 1.807) is 25.1 Å². The van der Waals surface area contributed by atoms with Crippen LogP contribution < -0.4 is 5.56 Å². The minimum atomic E-state index is -3.86. The van der Waals surface area contributed by atoms with E-state index in [0.29, 0.717) is 36.4 Å². The van der Waals surface area contributed by atoms with E-state index in [0.717, 1.165) is 0 Å². The summed E-state index contributed by atoms with van der Waals surface area (Å²) in [5.41, 5.74) is 0.426. The van der Waals surface area contributed by atoms with Crippen LogP contribution in [0.25, 0.3) is 10.9 Å². The van der Waals surface area contributed by atoms with Gasteiger partial charge in [0.15, 0.2) is 0 Å². The molecule has 0 unspecified atom stereocenters. The maximum atomic E-state index is 12.8. The lowest BCUT2D eigenvalue weighted by Gasteiger charge is -2.33. The van der Waals surface area contributed by atoms with Gasteiger partial charge in [0.1, 0.15) is 5.82 Å². The average molecular weight is 446 g/mol. The summed E-state index contributed by atoms with van der Waals surface area (Å²) in [7, 11) is -3.86. The Morgan fingerprint density at radius 3 is 2.65 bits per heavy atom. The Morgan fingerprint density at radius 1 is 1.16 bits per heavy atom. The summed E-state index contributed by atoms with van der Waals surface area (Å²) in [4.78, 5) is 33.2. The minimum absolute atomic E-state index is 0.148. The molecule has 0 spiro atoms. The van der Waals surface area contributed by atoms with Gasteiger partial charge in [-0.05, 0) is 31.2 Å². The van der Waals surface area contributed by atoms with E-state index in [4.69, 9.17) is 9.15 Å². The lowest BCUT2D eigenvalue weighted by molar-refractivity contribution is 0.0483. The number of furan rings is 1. The van der Waals surface area contributed by atoms with Crippen molar-refractivity contribution >= 4 is 26.9 Å². The number of sulfonamides is 1. The summed E-state index contributed by atoms with van der Waals surface area (Å²) in [6.45, 7) is 3.64. The molecule has 10 nitrogen and oxygen atoms in total. The van der Waals surface area contributed by atoms with E-state index in [-0.39, 0.29) is 36.1 Å². The van der Waals surface area contributed by atoms with Crippen molar-refractivity contribution in [2.45, 2.75) is 18.6 Å². The number of benzene rings is 1. The summed E-state index contributed by atoms with van der Waals surface area (Å²) >= 11 is 0. The van der Waals surface area contributed by atoms with Gasteiger partial charge in [-0.2, -0.15) is 4.31 Å². The first-order valence-electron chi connectivity index (χ1n) is 9.86. The van der Waals surface area contributed by atoms with Gasteiger partial charge < -0.3 is 14.1 Å². The van der Waals surface area contributed by atoms with Crippen LogP contribution in [-0.2, 0) is 21.3 Å². The number of nitrogens with one attached hydrogen (secondary N) is 1. The van der Waals surface area contributed by atoms with Crippen LogP contribution in [0.2, 0.25) is 0 Å². The normalized spacial score (nSPS) is 15.9. The predicted molar refractivity (Wildman–Crippen MR) is 111 cm³/mol. The maximum absolute atomic E-state index is 12.8. The van der Waals surface area contributed by atoms with Crippen molar-refractivity contribution < 1.29 is 22.4 Å². The highest BCUT2D eigenvalue weighted by molar-refractivity contribution is 7.89. The topological polar surface area (TPSA) is 126 Å².